The van der Waals surface area contributed by atoms with Gasteiger partial charge in [0.1, 0.15) is 17.3 Å². The first-order valence-corrected chi connectivity index (χ1v) is 12.2. The van der Waals surface area contributed by atoms with Gasteiger partial charge in [-0.2, -0.15) is 5.10 Å². The highest BCUT2D eigenvalue weighted by Gasteiger charge is 2.50. The SMILES string of the molecule is CN(C)c1ccn(CC2(O)CC3CC(c4ncn(C)c4C(=O)Nc4ccc(F)c(Cl)c4)CC3C2)n1. The number of nitrogens with zero attached hydrogens (tertiary/aromatic N) is 5. The van der Waals surface area contributed by atoms with Crippen LogP contribution in [0, 0.1) is 17.7 Å². The van der Waals surface area contributed by atoms with Crippen molar-refractivity contribution in [1.82, 2.24) is 19.3 Å². The van der Waals surface area contributed by atoms with Gasteiger partial charge in [-0.25, -0.2) is 9.37 Å². The minimum absolute atomic E-state index is 0.0443. The molecular weight excluding hydrogens is 471 g/mol. The lowest BCUT2D eigenvalue weighted by Gasteiger charge is -2.24. The normalized spacial score (nSPS) is 25.6. The van der Waals surface area contributed by atoms with Gasteiger partial charge in [-0.3, -0.25) is 9.48 Å². The second kappa shape index (κ2) is 8.95. The quantitative estimate of drug-likeness (QED) is 0.533. The first-order valence-electron chi connectivity index (χ1n) is 11.8. The monoisotopic (exact) mass is 500 g/mol. The number of fused-ring (bicyclic) bond motifs is 1. The average molecular weight is 501 g/mol. The number of hydrogen-bond donors (Lipinski definition) is 2. The molecule has 35 heavy (non-hydrogen) atoms. The van der Waals surface area contributed by atoms with Crippen LogP contribution >= 0.6 is 11.6 Å². The maximum Gasteiger partial charge on any atom is 0.274 e. The number of aromatic nitrogens is 4. The summed E-state index contributed by atoms with van der Waals surface area (Å²) in [4.78, 5) is 19.6. The summed E-state index contributed by atoms with van der Waals surface area (Å²) in [5, 5.41) is 18.6. The number of imidazole rings is 1. The molecule has 2 N–H and O–H groups in total. The molecule has 5 rings (SSSR count). The molecule has 1 amide bonds. The molecule has 0 bridgehead atoms. The van der Waals surface area contributed by atoms with E-state index in [0.717, 1.165) is 24.4 Å². The van der Waals surface area contributed by atoms with E-state index in [4.69, 9.17) is 11.6 Å². The third kappa shape index (κ3) is 4.67. The van der Waals surface area contributed by atoms with Crippen molar-refractivity contribution >= 4 is 29.0 Å². The topological polar surface area (TPSA) is 88.2 Å². The van der Waals surface area contributed by atoms with Gasteiger partial charge in [0, 0.05) is 45.0 Å². The Morgan fingerprint density at radius 1 is 1.29 bits per heavy atom. The number of carbonyl (C=O) groups excluding carboxylic acids is 1. The van der Waals surface area contributed by atoms with Gasteiger partial charge in [-0.05, 0) is 55.7 Å². The second-order valence-electron chi connectivity index (χ2n) is 10.3. The fourth-order valence-electron chi connectivity index (χ4n) is 5.89. The van der Waals surface area contributed by atoms with Gasteiger partial charge in [-0.1, -0.05) is 11.6 Å². The molecule has 186 valence electrons. The lowest BCUT2D eigenvalue weighted by molar-refractivity contribution is 0.0176. The molecule has 0 saturated heterocycles. The number of amides is 1. The minimum Gasteiger partial charge on any atom is -0.388 e. The van der Waals surface area contributed by atoms with Crippen LogP contribution in [0.5, 0.6) is 0 Å². The van der Waals surface area contributed by atoms with Gasteiger partial charge in [0.15, 0.2) is 0 Å². The number of aryl methyl sites for hydroxylation is 1. The van der Waals surface area contributed by atoms with Crippen LogP contribution in [-0.2, 0) is 13.6 Å². The molecule has 0 radical (unpaired) electrons. The summed E-state index contributed by atoms with van der Waals surface area (Å²) in [5.41, 5.74) is 0.928. The Balaban J connectivity index is 1.26. The predicted molar refractivity (Wildman–Crippen MR) is 132 cm³/mol. The number of benzene rings is 1. The van der Waals surface area contributed by atoms with E-state index in [2.05, 4.69) is 15.4 Å². The van der Waals surface area contributed by atoms with E-state index in [1.54, 1.807) is 17.9 Å². The van der Waals surface area contributed by atoms with Crippen molar-refractivity contribution in [3.63, 3.8) is 0 Å². The van der Waals surface area contributed by atoms with Gasteiger partial charge in [-0.15, -0.1) is 0 Å². The van der Waals surface area contributed by atoms with Crippen molar-refractivity contribution in [2.45, 2.75) is 43.7 Å². The Kier molecular flexibility index (Phi) is 6.09. The number of aliphatic hydroxyl groups is 1. The second-order valence-corrected chi connectivity index (χ2v) is 10.7. The summed E-state index contributed by atoms with van der Waals surface area (Å²) >= 11 is 5.86. The van der Waals surface area contributed by atoms with Crippen molar-refractivity contribution in [2.75, 3.05) is 24.3 Å². The molecule has 2 unspecified atom stereocenters. The molecule has 2 heterocycles. The Hall–Kier alpha value is -2.91. The van der Waals surface area contributed by atoms with Gasteiger partial charge in [0.05, 0.1) is 29.2 Å². The van der Waals surface area contributed by atoms with Crippen molar-refractivity contribution in [3.05, 3.63) is 59.0 Å². The van der Waals surface area contributed by atoms with Crippen molar-refractivity contribution < 1.29 is 14.3 Å². The summed E-state index contributed by atoms with van der Waals surface area (Å²) < 4.78 is 17.0. The largest absolute Gasteiger partial charge is 0.388 e. The van der Waals surface area contributed by atoms with Gasteiger partial charge in [0.25, 0.3) is 5.91 Å². The van der Waals surface area contributed by atoms with E-state index in [9.17, 15) is 14.3 Å². The highest BCUT2D eigenvalue weighted by atomic mass is 35.5. The smallest absolute Gasteiger partial charge is 0.274 e. The van der Waals surface area contributed by atoms with Crippen molar-refractivity contribution in [3.8, 4) is 0 Å². The number of nitrogens with one attached hydrogen (secondary N) is 1. The zero-order valence-corrected chi connectivity index (χ0v) is 20.8. The molecule has 0 aliphatic heterocycles. The maximum atomic E-state index is 13.5. The molecule has 2 fully saturated rings. The minimum atomic E-state index is -0.776. The van der Waals surface area contributed by atoms with Crippen LogP contribution in [0.25, 0.3) is 0 Å². The van der Waals surface area contributed by atoms with Crippen LogP contribution < -0.4 is 10.2 Å². The average Bonchev–Trinajstić information content (AvgIpc) is 3.53. The number of carbonyl (C=O) groups is 1. The maximum absolute atomic E-state index is 13.5. The van der Waals surface area contributed by atoms with E-state index in [-0.39, 0.29) is 16.8 Å². The van der Waals surface area contributed by atoms with Crippen LogP contribution in [0.2, 0.25) is 5.02 Å². The van der Waals surface area contributed by atoms with Gasteiger partial charge in [0.2, 0.25) is 0 Å². The van der Waals surface area contributed by atoms with E-state index >= 15 is 0 Å². The van der Waals surface area contributed by atoms with Crippen LogP contribution in [0.4, 0.5) is 15.9 Å². The fourth-order valence-corrected chi connectivity index (χ4v) is 6.07. The van der Waals surface area contributed by atoms with E-state index < -0.39 is 11.4 Å². The highest BCUT2D eigenvalue weighted by Crippen LogP contribution is 2.54. The zero-order valence-electron chi connectivity index (χ0n) is 20.1. The molecule has 8 nitrogen and oxygen atoms in total. The Morgan fingerprint density at radius 2 is 2.00 bits per heavy atom. The lowest BCUT2D eigenvalue weighted by Crippen LogP contribution is -2.32. The molecule has 2 aliphatic rings. The lowest BCUT2D eigenvalue weighted by atomic mass is 9.92. The third-order valence-electron chi connectivity index (χ3n) is 7.41. The highest BCUT2D eigenvalue weighted by molar-refractivity contribution is 6.31. The summed E-state index contributed by atoms with van der Waals surface area (Å²) in [6.07, 6.45) is 6.77. The zero-order chi connectivity index (χ0) is 24.9. The van der Waals surface area contributed by atoms with Crippen molar-refractivity contribution in [1.29, 1.82) is 0 Å². The summed E-state index contributed by atoms with van der Waals surface area (Å²) in [5.74, 6) is 0.945. The molecule has 2 aliphatic carbocycles. The molecule has 3 aromatic rings. The first kappa shape index (κ1) is 23.8. The summed E-state index contributed by atoms with van der Waals surface area (Å²) in [6.45, 7) is 0.482. The van der Waals surface area contributed by atoms with E-state index in [0.29, 0.717) is 42.6 Å². The van der Waals surface area contributed by atoms with E-state index in [1.165, 1.54) is 18.2 Å². The predicted octanol–water partition coefficient (Wildman–Crippen LogP) is 4.06. The first-order chi connectivity index (χ1) is 16.6. The van der Waals surface area contributed by atoms with Crippen LogP contribution in [0.15, 0.2) is 36.8 Å². The summed E-state index contributed by atoms with van der Waals surface area (Å²) in [7, 11) is 5.69. The third-order valence-corrected chi connectivity index (χ3v) is 7.70. The molecule has 2 aromatic heterocycles. The number of rotatable bonds is 6. The molecule has 2 saturated carbocycles. The van der Waals surface area contributed by atoms with Crippen molar-refractivity contribution in [2.24, 2.45) is 18.9 Å². The molecule has 2 atom stereocenters. The molecular formula is C25H30ClFN6O2. The molecule has 0 spiro atoms. The standard InChI is InChI=1S/C25H30ClFN6O2/c1-31(2)21-6-7-33(30-21)13-25(35)11-16-8-15(9-17(16)12-25)22-23(32(3)14-28-22)24(34)29-18-4-5-20(27)19(26)10-18/h4-7,10,14-17,35H,8-9,11-13H2,1-3H3,(H,29,34). The number of halogens is 2. The molecule has 1 aromatic carbocycles. The number of hydrogen-bond acceptors (Lipinski definition) is 5. The van der Waals surface area contributed by atoms with E-state index in [1.807, 2.05) is 35.9 Å². The Bertz CT molecular complexity index is 1240. The Labute approximate surface area is 208 Å². The van der Waals surface area contributed by atoms with Crippen LogP contribution in [0.3, 0.4) is 0 Å². The van der Waals surface area contributed by atoms with Crippen LogP contribution in [0.1, 0.15) is 47.8 Å². The number of anilines is 2. The summed E-state index contributed by atoms with van der Waals surface area (Å²) in [6, 6.07) is 6.05. The Morgan fingerprint density at radius 3 is 2.63 bits per heavy atom. The van der Waals surface area contributed by atoms with Gasteiger partial charge < -0.3 is 19.9 Å². The van der Waals surface area contributed by atoms with Gasteiger partial charge >= 0.3 is 0 Å². The molecule has 10 heteroatoms. The fraction of sp³-hybridized carbons (Fsp3) is 0.480. The van der Waals surface area contributed by atoms with Crippen LogP contribution in [-0.4, -0.2) is 50.0 Å².